The van der Waals surface area contributed by atoms with Gasteiger partial charge in [-0.3, -0.25) is 0 Å². The molecule has 0 aromatic carbocycles. The molecule has 9 heavy (non-hydrogen) atoms. The van der Waals surface area contributed by atoms with E-state index < -0.39 is 0 Å². The van der Waals surface area contributed by atoms with Crippen LogP contribution >= 0.6 is 0 Å². The fourth-order valence-electron chi connectivity index (χ4n) is 0.770. The summed E-state index contributed by atoms with van der Waals surface area (Å²) in [6, 6.07) is 0. The molecule has 0 radical (unpaired) electrons. The van der Waals surface area contributed by atoms with Crippen LogP contribution in [-0.2, 0) is 0 Å². The van der Waals surface area contributed by atoms with Gasteiger partial charge in [0, 0.05) is 0 Å². The minimum atomic E-state index is 0.713. The molecule has 0 atom stereocenters. The van der Waals surface area contributed by atoms with Crippen molar-refractivity contribution in [3.05, 3.63) is 6.57 Å². The topological polar surface area (TPSA) is 23.8 Å². The third-order valence-corrected chi connectivity index (χ3v) is 2.31. The Hall–Kier alpha value is 0.0225. The molecular formula is C7H14AlN. The zero-order valence-electron chi connectivity index (χ0n) is 6.68. The van der Waals surface area contributed by atoms with Gasteiger partial charge in [-0.2, -0.15) is 0 Å². The van der Waals surface area contributed by atoms with Crippen molar-refractivity contribution in [2.75, 3.05) is 0 Å². The summed E-state index contributed by atoms with van der Waals surface area (Å²) in [5.74, 6) is 0. The molecule has 0 bridgehead atoms. The van der Waals surface area contributed by atoms with Crippen LogP contribution in [0.3, 0.4) is 0 Å². The van der Waals surface area contributed by atoms with E-state index in [4.69, 9.17) is 11.8 Å². The smallest absolute Gasteiger partial charge is 0.488 e. The fraction of sp³-hybridized carbons (Fsp3) is 0.857. The van der Waals surface area contributed by atoms with Gasteiger partial charge in [0.15, 0.2) is 0 Å². The second kappa shape index (κ2) is 8.02. The van der Waals surface area contributed by atoms with Crippen molar-refractivity contribution in [2.45, 2.75) is 37.3 Å². The van der Waals surface area contributed by atoms with Gasteiger partial charge in [-0.15, -0.1) is 0 Å². The first-order valence-corrected chi connectivity index (χ1v) is 4.53. The van der Waals surface area contributed by atoms with E-state index in [2.05, 4.69) is 27.7 Å². The normalized spacial score (nSPS) is 8.00. The fourth-order valence-corrected chi connectivity index (χ4v) is 2.31. The maximum Gasteiger partial charge on any atom is -0.488 e. The quantitative estimate of drug-likeness (QED) is 0.426. The summed E-state index contributed by atoms with van der Waals surface area (Å²) in [5, 5.41) is 6.25. The number of hydrogen-bond donors (Lipinski definition) is 0. The van der Waals surface area contributed by atoms with E-state index in [9.17, 15) is 0 Å². The second-order valence-corrected chi connectivity index (χ2v) is 5.73. The molecule has 0 fully saturated rings. The van der Waals surface area contributed by atoms with Gasteiger partial charge >= 0.3 is 52.5 Å². The van der Waals surface area contributed by atoms with Crippen molar-refractivity contribution < 1.29 is 0 Å². The molecule has 0 amide bonds. The Balaban J connectivity index is 0. The Morgan fingerprint density at radius 3 is 1.22 bits per heavy atom. The molecule has 1 nitrogen and oxygen atoms in total. The first-order valence-electron chi connectivity index (χ1n) is 3.20. The Morgan fingerprint density at radius 1 is 1.00 bits per heavy atom. The average Bonchev–Trinajstić information content (AvgIpc) is 1.68. The molecule has 0 aromatic rings. The van der Waals surface area contributed by atoms with Gasteiger partial charge in [-0.1, -0.05) is 0 Å². The summed E-state index contributed by atoms with van der Waals surface area (Å²) in [6.07, 6.45) is 0. The molecule has 0 aliphatic heterocycles. The molecule has 0 aromatic heterocycles. The van der Waals surface area contributed by atoms with Crippen molar-refractivity contribution in [1.82, 2.24) is 0 Å². The monoisotopic (exact) mass is 139 g/mol. The summed E-state index contributed by atoms with van der Waals surface area (Å²) in [7, 11) is 0. The van der Waals surface area contributed by atoms with E-state index in [0.717, 1.165) is 9.56 Å². The van der Waals surface area contributed by atoms with Gasteiger partial charge in [-0.25, -0.2) is 0 Å². The molecule has 0 spiro atoms. The van der Waals surface area contributed by atoms with Crippen LogP contribution in [0.1, 0.15) is 27.7 Å². The largest absolute Gasteiger partial charge is 0.512 e. The molecule has 0 unspecified atom stereocenters. The van der Waals surface area contributed by atoms with E-state index in [-0.39, 0.29) is 0 Å². The van der Waals surface area contributed by atoms with Gasteiger partial charge in [0.25, 0.3) is 0 Å². The Morgan fingerprint density at radius 2 is 1.22 bits per heavy atom. The zero-order valence-corrected chi connectivity index (χ0v) is 7.83. The summed E-state index contributed by atoms with van der Waals surface area (Å²) in [5.41, 5.74) is 0. The van der Waals surface area contributed by atoms with Gasteiger partial charge < -0.3 is 11.8 Å². The summed E-state index contributed by atoms with van der Waals surface area (Å²) in [6.45, 7) is 14.0. The molecule has 50 valence electrons. The summed E-state index contributed by atoms with van der Waals surface area (Å²) in [4.78, 5) is 0. The van der Waals surface area contributed by atoms with E-state index in [1.54, 1.807) is 0 Å². The van der Waals surface area contributed by atoms with Crippen LogP contribution in [0.15, 0.2) is 0 Å². The third-order valence-electron chi connectivity index (χ3n) is 0.770. The first kappa shape index (κ1) is 11.8. The molecule has 0 saturated carbocycles. The third kappa shape index (κ3) is 18.0. The van der Waals surface area contributed by atoms with E-state index in [1.807, 2.05) is 0 Å². The van der Waals surface area contributed by atoms with Crippen LogP contribution in [0.2, 0.25) is 9.56 Å². The van der Waals surface area contributed by atoms with Gasteiger partial charge in [0.1, 0.15) is 0 Å². The van der Waals surface area contributed by atoms with Crippen LogP contribution in [0.4, 0.5) is 0 Å². The van der Waals surface area contributed by atoms with Crippen LogP contribution in [0.5, 0.6) is 0 Å². The van der Waals surface area contributed by atoms with Crippen LogP contribution < -0.4 is 0 Å². The maximum absolute atomic E-state index is 6.25. The van der Waals surface area contributed by atoms with Gasteiger partial charge in [0.2, 0.25) is 0 Å². The molecule has 0 aliphatic rings. The molecule has 0 N–H and O–H groups in total. The minimum Gasteiger partial charge on any atom is -0.512 e. The first-order chi connectivity index (χ1) is 4.13. The average molecular weight is 139 g/mol. The van der Waals surface area contributed by atoms with Crippen LogP contribution in [0.25, 0.3) is 0 Å². The second-order valence-electron chi connectivity index (χ2n) is 2.68. The molecule has 0 saturated heterocycles. The van der Waals surface area contributed by atoms with Crippen molar-refractivity contribution in [1.29, 1.82) is 5.26 Å². The molecule has 0 aliphatic carbocycles. The zero-order chi connectivity index (χ0) is 7.86. The Bertz CT molecular complexity index is 60.6. The van der Waals surface area contributed by atoms with Crippen molar-refractivity contribution >= 4 is 15.2 Å². The molecular weight excluding hydrogens is 125 g/mol. The van der Waals surface area contributed by atoms with Crippen molar-refractivity contribution in [3.63, 3.8) is 0 Å². The molecule has 0 rings (SSSR count). The number of rotatable bonds is 2. The van der Waals surface area contributed by atoms with E-state index in [1.165, 1.54) is 0 Å². The standard InChI is InChI=1S/2C3H7.CN.Al/c2*1-3-2;1-2;/h2*3H,1-2H3;;/q;;-1;+1. The maximum atomic E-state index is 6.25. The van der Waals surface area contributed by atoms with Crippen molar-refractivity contribution in [3.8, 4) is 0 Å². The van der Waals surface area contributed by atoms with Gasteiger partial charge in [-0.05, 0) is 0 Å². The molecule has 2 heteroatoms. The van der Waals surface area contributed by atoms with Crippen LogP contribution in [-0.4, -0.2) is 15.2 Å². The number of nitrogens with zero attached hydrogens (tertiary/aromatic N) is 1. The predicted molar refractivity (Wildman–Crippen MR) is 40.9 cm³/mol. The minimum absolute atomic E-state index is 0.713. The van der Waals surface area contributed by atoms with E-state index in [0.29, 0.717) is 15.2 Å². The Kier molecular flexibility index (Phi) is 10.5. The van der Waals surface area contributed by atoms with E-state index >= 15 is 0 Å². The summed E-state index contributed by atoms with van der Waals surface area (Å²) >= 11 is 0.713. The number of hydrogen-bond acceptors (Lipinski definition) is 1. The van der Waals surface area contributed by atoms with Crippen LogP contribution in [0, 0.1) is 11.8 Å². The Labute approximate surface area is 64.8 Å². The molecule has 0 heterocycles. The van der Waals surface area contributed by atoms with Gasteiger partial charge in [0.05, 0.1) is 0 Å². The predicted octanol–water partition coefficient (Wildman–Crippen LogP) is 2.44. The summed E-state index contributed by atoms with van der Waals surface area (Å²) < 4.78 is 1.92. The van der Waals surface area contributed by atoms with Crippen molar-refractivity contribution in [2.24, 2.45) is 0 Å². The SMILES string of the molecule is C[CH](C)[Al+][CH](C)C.[C-]#N.